The molecule has 114 valence electrons. The molecule has 1 fully saturated rings. The van der Waals surface area contributed by atoms with Crippen molar-refractivity contribution >= 4 is 11.9 Å². The van der Waals surface area contributed by atoms with E-state index in [1.165, 1.54) is 17.9 Å². The SMILES string of the molecule is Cc1ccc(F)c(C(=O)N2CCCCC2CC(=O)O)c1F. The Labute approximate surface area is 121 Å². The van der Waals surface area contributed by atoms with Crippen LogP contribution in [0.5, 0.6) is 0 Å². The number of rotatable bonds is 3. The summed E-state index contributed by atoms with van der Waals surface area (Å²) in [7, 11) is 0. The first-order valence-corrected chi connectivity index (χ1v) is 6.89. The highest BCUT2D eigenvalue weighted by atomic mass is 19.1. The highest BCUT2D eigenvalue weighted by molar-refractivity contribution is 5.95. The van der Waals surface area contributed by atoms with Crippen LogP contribution < -0.4 is 0 Å². The van der Waals surface area contributed by atoms with Crippen molar-refractivity contribution < 1.29 is 23.5 Å². The van der Waals surface area contributed by atoms with Gasteiger partial charge in [-0.2, -0.15) is 0 Å². The van der Waals surface area contributed by atoms with Crippen molar-refractivity contribution in [1.82, 2.24) is 4.90 Å². The topological polar surface area (TPSA) is 57.6 Å². The average Bonchev–Trinajstić information content (AvgIpc) is 2.43. The molecule has 21 heavy (non-hydrogen) atoms. The molecule has 1 aliphatic heterocycles. The number of benzene rings is 1. The zero-order chi connectivity index (χ0) is 15.6. The maximum absolute atomic E-state index is 14.1. The second-order valence-corrected chi connectivity index (χ2v) is 5.30. The standard InChI is InChI=1S/C15H17F2NO3/c1-9-5-6-11(16)13(14(9)17)15(21)18-7-3-2-4-10(18)8-12(19)20/h5-6,10H,2-4,7-8H2,1H3,(H,19,20). The molecule has 1 amide bonds. The van der Waals surface area contributed by atoms with Gasteiger partial charge in [0.2, 0.25) is 0 Å². The van der Waals surface area contributed by atoms with Crippen LogP contribution in [0.25, 0.3) is 0 Å². The van der Waals surface area contributed by atoms with Crippen molar-refractivity contribution in [3.63, 3.8) is 0 Å². The summed E-state index contributed by atoms with van der Waals surface area (Å²) in [5, 5.41) is 8.90. The van der Waals surface area contributed by atoms with Crippen molar-refractivity contribution in [2.24, 2.45) is 0 Å². The second-order valence-electron chi connectivity index (χ2n) is 5.30. The first-order chi connectivity index (χ1) is 9.91. The quantitative estimate of drug-likeness (QED) is 0.933. The molecular formula is C15H17F2NO3. The number of hydrogen-bond acceptors (Lipinski definition) is 2. The monoisotopic (exact) mass is 297 g/mol. The van der Waals surface area contributed by atoms with Crippen LogP contribution in [-0.4, -0.2) is 34.5 Å². The molecule has 2 rings (SSSR count). The van der Waals surface area contributed by atoms with E-state index in [1.807, 2.05) is 0 Å². The zero-order valence-corrected chi connectivity index (χ0v) is 11.7. The number of carbonyl (C=O) groups excluding carboxylic acids is 1. The van der Waals surface area contributed by atoms with Crippen LogP contribution in [0.1, 0.15) is 41.6 Å². The lowest BCUT2D eigenvalue weighted by Crippen LogP contribution is -2.45. The van der Waals surface area contributed by atoms with Gasteiger partial charge in [0.05, 0.1) is 6.42 Å². The highest BCUT2D eigenvalue weighted by Gasteiger charge is 2.32. The summed E-state index contributed by atoms with van der Waals surface area (Å²) in [4.78, 5) is 24.6. The van der Waals surface area contributed by atoms with Crippen molar-refractivity contribution in [1.29, 1.82) is 0 Å². The number of likely N-dealkylation sites (tertiary alicyclic amines) is 1. The number of nitrogens with zero attached hydrogens (tertiary/aromatic N) is 1. The molecule has 0 aliphatic carbocycles. The number of hydrogen-bond donors (Lipinski definition) is 1. The number of amides is 1. The number of halogens is 2. The smallest absolute Gasteiger partial charge is 0.305 e. The van der Waals surface area contributed by atoms with E-state index < -0.39 is 35.1 Å². The lowest BCUT2D eigenvalue weighted by molar-refractivity contribution is -0.138. The van der Waals surface area contributed by atoms with E-state index in [4.69, 9.17) is 5.11 Å². The Morgan fingerprint density at radius 2 is 2.05 bits per heavy atom. The first-order valence-electron chi connectivity index (χ1n) is 6.89. The summed E-state index contributed by atoms with van der Waals surface area (Å²) in [6.45, 7) is 1.78. The van der Waals surface area contributed by atoms with Crippen LogP contribution in [-0.2, 0) is 4.79 Å². The van der Waals surface area contributed by atoms with Crippen LogP contribution in [0, 0.1) is 18.6 Å². The maximum atomic E-state index is 14.1. The van der Waals surface area contributed by atoms with Crippen molar-refractivity contribution in [2.75, 3.05) is 6.54 Å². The van der Waals surface area contributed by atoms with E-state index in [-0.39, 0.29) is 12.0 Å². The number of aliphatic carboxylic acids is 1. The molecule has 1 aromatic carbocycles. The van der Waals surface area contributed by atoms with Crippen LogP contribution in [0.15, 0.2) is 12.1 Å². The number of carboxylic acid groups (broad SMARTS) is 1. The molecule has 4 nitrogen and oxygen atoms in total. The summed E-state index contributed by atoms with van der Waals surface area (Å²) >= 11 is 0. The van der Waals surface area contributed by atoms with E-state index in [0.717, 1.165) is 12.5 Å². The molecule has 0 saturated carbocycles. The van der Waals surface area contributed by atoms with Gasteiger partial charge in [0, 0.05) is 12.6 Å². The minimum atomic E-state index is -1.02. The van der Waals surface area contributed by atoms with Gasteiger partial charge >= 0.3 is 5.97 Å². The van der Waals surface area contributed by atoms with Crippen LogP contribution in [0.2, 0.25) is 0 Å². The Morgan fingerprint density at radius 3 is 2.71 bits per heavy atom. The average molecular weight is 297 g/mol. The number of piperidine rings is 1. The van der Waals surface area contributed by atoms with E-state index >= 15 is 0 Å². The van der Waals surface area contributed by atoms with E-state index in [0.29, 0.717) is 19.4 Å². The highest BCUT2D eigenvalue weighted by Crippen LogP contribution is 2.25. The fourth-order valence-electron chi connectivity index (χ4n) is 2.68. The molecule has 0 spiro atoms. The fraction of sp³-hybridized carbons (Fsp3) is 0.467. The Morgan fingerprint density at radius 1 is 1.33 bits per heavy atom. The molecule has 1 heterocycles. The zero-order valence-electron chi connectivity index (χ0n) is 11.7. The third-order valence-electron chi connectivity index (χ3n) is 3.80. The summed E-state index contributed by atoms with van der Waals surface area (Å²) in [6.07, 6.45) is 1.84. The molecule has 0 radical (unpaired) electrons. The molecule has 1 atom stereocenters. The van der Waals surface area contributed by atoms with Crippen molar-refractivity contribution in [3.8, 4) is 0 Å². The Hall–Kier alpha value is -1.98. The number of aryl methyl sites for hydroxylation is 1. The first kappa shape index (κ1) is 15.4. The Bertz CT molecular complexity index is 574. The summed E-state index contributed by atoms with van der Waals surface area (Å²) in [5.74, 6) is -3.58. The molecule has 0 bridgehead atoms. The molecule has 1 aliphatic rings. The number of carboxylic acids is 1. The van der Waals surface area contributed by atoms with Gasteiger partial charge in [-0.1, -0.05) is 6.07 Å². The second kappa shape index (κ2) is 6.20. The van der Waals surface area contributed by atoms with E-state index in [2.05, 4.69) is 0 Å². The van der Waals surface area contributed by atoms with Gasteiger partial charge < -0.3 is 10.0 Å². The normalized spacial score (nSPS) is 18.6. The molecule has 1 saturated heterocycles. The Balaban J connectivity index is 2.33. The van der Waals surface area contributed by atoms with Gasteiger partial charge in [0.25, 0.3) is 5.91 Å². The van der Waals surface area contributed by atoms with Crippen LogP contribution in [0.4, 0.5) is 8.78 Å². The minimum Gasteiger partial charge on any atom is -0.481 e. The minimum absolute atomic E-state index is 0.187. The summed E-state index contributed by atoms with van der Waals surface area (Å²) in [6, 6.07) is 1.82. The molecular weight excluding hydrogens is 280 g/mol. The largest absolute Gasteiger partial charge is 0.481 e. The third-order valence-corrected chi connectivity index (χ3v) is 3.80. The Kier molecular flexibility index (Phi) is 4.55. The fourth-order valence-corrected chi connectivity index (χ4v) is 2.68. The summed E-state index contributed by atoms with van der Waals surface area (Å²) < 4.78 is 27.9. The van der Waals surface area contributed by atoms with Crippen LogP contribution in [0.3, 0.4) is 0 Å². The predicted molar refractivity (Wildman–Crippen MR) is 72.0 cm³/mol. The third kappa shape index (κ3) is 3.20. The predicted octanol–water partition coefficient (Wildman–Crippen LogP) is 2.74. The van der Waals surface area contributed by atoms with E-state index in [1.54, 1.807) is 0 Å². The van der Waals surface area contributed by atoms with Gasteiger partial charge in [0.15, 0.2) is 0 Å². The van der Waals surface area contributed by atoms with Gasteiger partial charge in [-0.15, -0.1) is 0 Å². The molecule has 1 N–H and O–H groups in total. The summed E-state index contributed by atoms with van der Waals surface area (Å²) in [5.41, 5.74) is -0.404. The van der Waals surface area contributed by atoms with Crippen LogP contribution >= 0.6 is 0 Å². The molecule has 1 aromatic rings. The van der Waals surface area contributed by atoms with E-state index in [9.17, 15) is 18.4 Å². The molecule has 1 unspecified atom stereocenters. The number of carbonyl (C=O) groups is 2. The molecule has 6 heteroatoms. The van der Waals surface area contributed by atoms with Gasteiger partial charge in [0.1, 0.15) is 17.2 Å². The van der Waals surface area contributed by atoms with Crippen molar-refractivity contribution in [2.45, 2.75) is 38.6 Å². The van der Waals surface area contributed by atoms with Gasteiger partial charge in [-0.3, -0.25) is 9.59 Å². The molecule has 0 aromatic heterocycles. The lowest BCUT2D eigenvalue weighted by atomic mass is 9.97. The van der Waals surface area contributed by atoms with Gasteiger partial charge in [-0.25, -0.2) is 8.78 Å². The van der Waals surface area contributed by atoms with Gasteiger partial charge in [-0.05, 0) is 37.8 Å². The van der Waals surface area contributed by atoms with Crippen molar-refractivity contribution in [3.05, 3.63) is 34.9 Å². The maximum Gasteiger partial charge on any atom is 0.305 e. The lowest BCUT2D eigenvalue weighted by Gasteiger charge is -2.35.